The number of amides is 1. The fraction of sp³-hybridized carbons (Fsp3) is 0.667. The predicted octanol–water partition coefficient (Wildman–Crippen LogP) is 4.01. The third kappa shape index (κ3) is 6.27. The van der Waals surface area contributed by atoms with Crippen LogP contribution in [0, 0.1) is 11.8 Å². The van der Waals surface area contributed by atoms with Crippen LogP contribution in [0.15, 0.2) is 30.3 Å². The molecule has 2 N–H and O–H groups in total. The minimum absolute atomic E-state index is 0.0748. The predicted molar refractivity (Wildman–Crippen MR) is 101 cm³/mol. The lowest BCUT2D eigenvalue weighted by molar-refractivity contribution is -0.124. The average Bonchev–Trinajstić information content (AvgIpc) is 2.61. The Morgan fingerprint density at radius 3 is 2.50 bits per heavy atom. The first kappa shape index (κ1) is 19.0. The maximum absolute atomic E-state index is 11.9. The van der Waals surface area contributed by atoms with Gasteiger partial charge in [0.2, 0.25) is 5.91 Å². The van der Waals surface area contributed by atoms with E-state index in [1.165, 1.54) is 24.8 Å². The normalized spacial score (nSPS) is 17.7. The van der Waals surface area contributed by atoms with Crippen LogP contribution >= 0.6 is 0 Å². The number of piperidine rings is 1. The number of rotatable bonds is 10. The zero-order chi connectivity index (χ0) is 17.2. The van der Waals surface area contributed by atoms with Gasteiger partial charge in [-0.25, -0.2) is 0 Å². The molecule has 1 aromatic carbocycles. The van der Waals surface area contributed by atoms with Crippen molar-refractivity contribution < 1.29 is 4.79 Å². The molecule has 24 heavy (non-hydrogen) atoms. The first-order chi connectivity index (χ1) is 11.7. The van der Waals surface area contributed by atoms with Crippen LogP contribution in [0.2, 0.25) is 0 Å². The molecule has 0 aromatic heterocycles. The van der Waals surface area contributed by atoms with Gasteiger partial charge in [-0.1, -0.05) is 62.9 Å². The number of carbonyl (C=O) groups is 1. The van der Waals surface area contributed by atoms with E-state index in [0.717, 1.165) is 51.7 Å². The van der Waals surface area contributed by atoms with Crippen molar-refractivity contribution in [2.45, 2.75) is 58.3 Å². The number of unbranched alkanes of at least 4 members (excludes halogenated alkanes) is 3. The number of hydrogen-bond acceptors (Lipinski definition) is 2. The van der Waals surface area contributed by atoms with Crippen LogP contribution in [0.25, 0.3) is 0 Å². The van der Waals surface area contributed by atoms with Crippen LogP contribution in [0.4, 0.5) is 0 Å². The molecule has 0 spiro atoms. The minimum Gasteiger partial charge on any atom is -0.369 e. The van der Waals surface area contributed by atoms with E-state index in [-0.39, 0.29) is 11.8 Å². The summed E-state index contributed by atoms with van der Waals surface area (Å²) in [5, 5.41) is 0. The second kappa shape index (κ2) is 10.5. The molecule has 0 aliphatic carbocycles. The van der Waals surface area contributed by atoms with E-state index >= 15 is 0 Å². The van der Waals surface area contributed by atoms with Crippen molar-refractivity contribution in [2.24, 2.45) is 17.6 Å². The van der Waals surface area contributed by atoms with Gasteiger partial charge in [-0.05, 0) is 50.3 Å². The highest BCUT2D eigenvalue weighted by Crippen LogP contribution is 2.29. The SMILES string of the molecule is CCCCCCC(C(N)=O)C1CCN(CCc2ccccc2)CC1. The summed E-state index contributed by atoms with van der Waals surface area (Å²) in [5.41, 5.74) is 7.11. The maximum atomic E-state index is 11.9. The van der Waals surface area contributed by atoms with Gasteiger partial charge in [-0.3, -0.25) is 4.79 Å². The van der Waals surface area contributed by atoms with Crippen molar-refractivity contribution >= 4 is 5.91 Å². The van der Waals surface area contributed by atoms with Crippen molar-refractivity contribution in [3.8, 4) is 0 Å². The highest BCUT2D eigenvalue weighted by atomic mass is 16.1. The second-order valence-electron chi connectivity index (χ2n) is 7.27. The Balaban J connectivity index is 1.72. The lowest BCUT2D eigenvalue weighted by Gasteiger charge is -2.35. The standard InChI is InChI=1S/C21H34N2O/c1-2-3-4-8-11-20(21(22)24)19-13-16-23(17-14-19)15-12-18-9-6-5-7-10-18/h5-7,9-10,19-20H,2-4,8,11-17H2,1H3,(H2,22,24). The monoisotopic (exact) mass is 330 g/mol. The topological polar surface area (TPSA) is 46.3 Å². The summed E-state index contributed by atoms with van der Waals surface area (Å²) in [4.78, 5) is 14.4. The van der Waals surface area contributed by atoms with Crippen LogP contribution in [0.3, 0.4) is 0 Å². The Kier molecular flexibility index (Phi) is 8.31. The van der Waals surface area contributed by atoms with Crippen molar-refractivity contribution in [3.63, 3.8) is 0 Å². The number of hydrogen-bond donors (Lipinski definition) is 1. The Morgan fingerprint density at radius 1 is 1.17 bits per heavy atom. The zero-order valence-electron chi connectivity index (χ0n) is 15.3. The summed E-state index contributed by atoms with van der Waals surface area (Å²) in [5.74, 6) is 0.518. The van der Waals surface area contributed by atoms with Crippen molar-refractivity contribution in [1.29, 1.82) is 0 Å². The lowest BCUT2D eigenvalue weighted by Crippen LogP contribution is -2.40. The lowest BCUT2D eigenvalue weighted by atomic mass is 9.80. The zero-order valence-corrected chi connectivity index (χ0v) is 15.3. The van der Waals surface area contributed by atoms with Crippen LogP contribution < -0.4 is 5.73 Å². The molecule has 1 aromatic rings. The third-order valence-electron chi connectivity index (χ3n) is 5.49. The maximum Gasteiger partial charge on any atom is 0.220 e. The highest BCUT2D eigenvalue weighted by molar-refractivity contribution is 5.76. The van der Waals surface area contributed by atoms with Crippen LogP contribution in [0.1, 0.15) is 57.4 Å². The van der Waals surface area contributed by atoms with Gasteiger partial charge < -0.3 is 10.6 Å². The van der Waals surface area contributed by atoms with Crippen molar-refractivity contribution in [2.75, 3.05) is 19.6 Å². The van der Waals surface area contributed by atoms with E-state index in [2.05, 4.69) is 42.2 Å². The minimum atomic E-state index is -0.0748. The smallest absolute Gasteiger partial charge is 0.220 e. The van der Waals surface area contributed by atoms with E-state index in [1.54, 1.807) is 0 Å². The van der Waals surface area contributed by atoms with Gasteiger partial charge in [0.05, 0.1) is 0 Å². The van der Waals surface area contributed by atoms with E-state index in [4.69, 9.17) is 5.73 Å². The number of carbonyl (C=O) groups excluding carboxylic acids is 1. The first-order valence-electron chi connectivity index (χ1n) is 9.76. The largest absolute Gasteiger partial charge is 0.369 e. The molecule has 1 aliphatic heterocycles. The molecule has 3 heteroatoms. The third-order valence-corrected chi connectivity index (χ3v) is 5.49. The molecule has 1 unspecified atom stereocenters. The number of benzene rings is 1. The molecular formula is C21H34N2O. The second-order valence-corrected chi connectivity index (χ2v) is 7.27. The fourth-order valence-corrected chi connectivity index (χ4v) is 3.91. The summed E-state index contributed by atoms with van der Waals surface area (Å²) in [6.45, 7) is 5.55. The first-order valence-corrected chi connectivity index (χ1v) is 9.76. The molecular weight excluding hydrogens is 296 g/mol. The van der Waals surface area contributed by atoms with E-state index in [0.29, 0.717) is 5.92 Å². The molecule has 3 nitrogen and oxygen atoms in total. The number of primary amides is 1. The summed E-state index contributed by atoms with van der Waals surface area (Å²) < 4.78 is 0. The summed E-state index contributed by atoms with van der Waals surface area (Å²) in [6, 6.07) is 10.7. The molecule has 134 valence electrons. The Bertz CT molecular complexity index is 466. The molecule has 1 fully saturated rings. The number of nitrogens with two attached hydrogens (primary N) is 1. The molecule has 1 amide bonds. The van der Waals surface area contributed by atoms with Crippen LogP contribution in [-0.2, 0) is 11.2 Å². The summed E-state index contributed by atoms with van der Waals surface area (Å²) in [7, 11) is 0. The Hall–Kier alpha value is -1.35. The molecule has 2 rings (SSSR count). The van der Waals surface area contributed by atoms with Gasteiger partial charge in [0.1, 0.15) is 0 Å². The van der Waals surface area contributed by atoms with E-state index < -0.39 is 0 Å². The summed E-state index contributed by atoms with van der Waals surface area (Å²) in [6.07, 6.45) is 9.23. The van der Waals surface area contributed by atoms with E-state index in [1.807, 2.05) is 0 Å². The fourth-order valence-electron chi connectivity index (χ4n) is 3.91. The molecule has 0 radical (unpaired) electrons. The van der Waals surface area contributed by atoms with Crippen LogP contribution in [0.5, 0.6) is 0 Å². The number of likely N-dealkylation sites (tertiary alicyclic amines) is 1. The van der Waals surface area contributed by atoms with Gasteiger partial charge in [-0.2, -0.15) is 0 Å². The van der Waals surface area contributed by atoms with Crippen molar-refractivity contribution in [1.82, 2.24) is 4.90 Å². The number of nitrogens with zero attached hydrogens (tertiary/aromatic N) is 1. The average molecular weight is 331 g/mol. The van der Waals surface area contributed by atoms with Crippen LogP contribution in [-0.4, -0.2) is 30.4 Å². The molecule has 0 bridgehead atoms. The molecule has 1 saturated heterocycles. The quantitative estimate of drug-likeness (QED) is 0.659. The van der Waals surface area contributed by atoms with Gasteiger partial charge in [-0.15, -0.1) is 0 Å². The van der Waals surface area contributed by atoms with Gasteiger partial charge in [0, 0.05) is 12.5 Å². The Labute approximate surface area is 147 Å². The Morgan fingerprint density at radius 2 is 1.88 bits per heavy atom. The summed E-state index contributed by atoms with van der Waals surface area (Å²) >= 11 is 0. The molecule has 1 aliphatic rings. The molecule has 1 atom stereocenters. The van der Waals surface area contributed by atoms with Gasteiger partial charge in [0.25, 0.3) is 0 Å². The van der Waals surface area contributed by atoms with Crippen molar-refractivity contribution in [3.05, 3.63) is 35.9 Å². The van der Waals surface area contributed by atoms with Gasteiger partial charge >= 0.3 is 0 Å². The molecule has 0 saturated carbocycles. The van der Waals surface area contributed by atoms with Gasteiger partial charge in [0.15, 0.2) is 0 Å². The van der Waals surface area contributed by atoms with E-state index in [9.17, 15) is 4.79 Å². The highest BCUT2D eigenvalue weighted by Gasteiger charge is 2.29. The molecule has 1 heterocycles.